The zero-order chi connectivity index (χ0) is 8.31. The van der Waals surface area contributed by atoms with E-state index in [4.69, 9.17) is 0 Å². The molecule has 0 N–H and O–H groups in total. The molecule has 0 fully saturated rings. The van der Waals surface area contributed by atoms with Gasteiger partial charge in [0.15, 0.2) is 0 Å². The Hall–Kier alpha value is 0.743. The van der Waals surface area contributed by atoms with Crippen LogP contribution in [0.15, 0.2) is 0 Å². The fourth-order valence-electron chi connectivity index (χ4n) is 0.247. The smallest absolute Gasteiger partial charge is 0.848 e. The van der Waals surface area contributed by atoms with Gasteiger partial charge in [-0.3, -0.25) is 0 Å². The number of carboxylic acids is 2. The van der Waals surface area contributed by atoms with Crippen molar-refractivity contribution in [3.05, 3.63) is 0 Å². The molecule has 0 bridgehead atoms. The Morgan fingerprint density at radius 2 is 1.08 bits per heavy atom. The van der Waals surface area contributed by atoms with Crippen LogP contribution in [-0.4, -0.2) is 50.3 Å². The van der Waals surface area contributed by atoms with E-state index in [2.05, 4.69) is 0 Å². The van der Waals surface area contributed by atoms with E-state index in [1.54, 1.807) is 0 Å². The van der Waals surface area contributed by atoms with Gasteiger partial charge in [-0.1, -0.05) is 12.2 Å². The Balaban J connectivity index is -0.000000405. The molecule has 0 saturated heterocycles. The van der Waals surface area contributed by atoms with E-state index >= 15 is 0 Å². The first-order valence-corrected chi connectivity index (χ1v) is 2.20. The molecule has 2 radical (unpaired) electrons. The molecule has 0 saturated carbocycles. The van der Waals surface area contributed by atoms with Crippen molar-refractivity contribution in [1.29, 1.82) is 0 Å². The van der Waals surface area contributed by atoms with Crippen LogP contribution in [0.2, 0.25) is 0 Å². The van der Waals surface area contributed by atoms with Crippen LogP contribution in [0.4, 0.5) is 0 Å². The number of carbonyl (C=O) groups is 2. The van der Waals surface area contributed by atoms with Crippen molar-refractivity contribution >= 4 is 38.1 Å². The Labute approximate surface area is 109 Å². The van der Waals surface area contributed by atoms with Crippen LogP contribution >= 0.6 is 0 Å². The van der Waals surface area contributed by atoms with E-state index in [0.717, 1.165) is 0 Å². The molecule has 0 heterocycles. The molecule has 0 spiro atoms. The second kappa shape index (κ2) is 8.35. The van der Waals surface area contributed by atoms with E-state index in [-0.39, 0.29) is 55.8 Å². The summed E-state index contributed by atoms with van der Waals surface area (Å²) >= 11 is 0. The molecule has 12 heavy (non-hydrogen) atoms. The zero-order valence-electron chi connectivity index (χ0n) is 6.05. The Bertz CT molecular complexity index is 144. The summed E-state index contributed by atoms with van der Waals surface area (Å²) in [6.07, 6.45) is -5.60. The molecule has 8 heteroatoms. The topological polar surface area (TPSA) is 126 Å². The molecule has 0 aromatic heterocycles. The van der Waals surface area contributed by atoms with Crippen molar-refractivity contribution in [3.8, 4) is 0 Å². The molecule has 0 amide bonds. The standard InChI is InChI=1S/C4H4O6.Bi.Na/c5-1(3(7)8)2(6)4(9)10;;/h1-2H,(H,7,8)(H,9,10);;/q-2;+3;+1/p-2/t1-,2-;;/m1../s1. The molecule has 0 aliphatic carbocycles. The zero-order valence-corrected chi connectivity index (χ0v) is 11.5. The average Bonchev–Trinajstić information content (AvgIpc) is 1.84. The molecular formula is C4H2BiNaO6. The summed E-state index contributed by atoms with van der Waals surface area (Å²) in [6, 6.07) is 0. The van der Waals surface area contributed by atoms with Gasteiger partial charge in [-0.15, -0.1) is 0 Å². The van der Waals surface area contributed by atoms with Crippen LogP contribution in [0.5, 0.6) is 0 Å². The molecular weight excluding hydrogens is 376 g/mol. The molecule has 60 valence electrons. The Kier molecular flexibility index (Phi) is 12.9. The summed E-state index contributed by atoms with van der Waals surface area (Å²) in [5, 5.41) is 39.0. The van der Waals surface area contributed by atoms with Gasteiger partial charge in [-0.2, -0.15) is 0 Å². The van der Waals surface area contributed by atoms with Crippen molar-refractivity contribution in [3.63, 3.8) is 0 Å². The van der Waals surface area contributed by atoms with E-state index in [9.17, 15) is 30.0 Å². The fraction of sp³-hybridized carbons (Fsp3) is 0.500. The maximum Gasteiger partial charge on any atom is 3.00 e. The van der Waals surface area contributed by atoms with Crippen molar-refractivity contribution in [2.24, 2.45) is 0 Å². The van der Waals surface area contributed by atoms with Gasteiger partial charge in [0.05, 0.1) is 0 Å². The van der Waals surface area contributed by atoms with Gasteiger partial charge >= 0.3 is 55.8 Å². The Morgan fingerprint density at radius 3 is 1.17 bits per heavy atom. The van der Waals surface area contributed by atoms with Crippen molar-refractivity contribution in [1.82, 2.24) is 0 Å². The number of carboxylic acid groups (broad SMARTS) is 2. The summed E-state index contributed by atoms with van der Waals surface area (Å²) < 4.78 is 0. The van der Waals surface area contributed by atoms with Gasteiger partial charge < -0.3 is 30.0 Å². The molecule has 0 aliphatic heterocycles. The van der Waals surface area contributed by atoms with Crippen LogP contribution in [-0.2, 0) is 9.59 Å². The molecule has 0 unspecified atom stereocenters. The predicted octanol–water partition coefficient (Wildman–Crippen LogP) is -9.43. The van der Waals surface area contributed by atoms with Crippen LogP contribution < -0.4 is 50.0 Å². The third kappa shape index (κ3) is 6.28. The van der Waals surface area contributed by atoms with Crippen LogP contribution in [0.1, 0.15) is 0 Å². The van der Waals surface area contributed by atoms with E-state index in [1.807, 2.05) is 0 Å². The van der Waals surface area contributed by atoms with Crippen LogP contribution in [0, 0.1) is 0 Å². The summed E-state index contributed by atoms with van der Waals surface area (Å²) in [5.74, 6) is -4.46. The minimum absolute atomic E-state index is 0. The minimum Gasteiger partial charge on any atom is -0.848 e. The van der Waals surface area contributed by atoms with Gasteiger partial charge in [0.25, 0.3) is 0 Å². The number of hydrogen-bond donors (Lipinski definition) is 0. The maximum atomic E-state index is 9.97. The monoisotopic (exact) mass is 378 g/mol. The van der Waals surface area contributed by atoms with Gasteiger partial charge in [0.1, 0.15) is 0 Å². The summed E-state index contributed by atoms with van der Waals surface area (Å²) in [5.41, 5.74) is 0. The summed E-state index contributed by atoms with van der Waals surface area (Å²) in [7, 11) is 0. The van der Waals surface area contributed by atoms with Crippen molar-refractivity contribution in [2.45, 2.75) is 12.2 Å². The van der Waals surface area contributed by atoms with Gasteiger partial charge in [-0.25, -0.2) is 0 Å². The van der Waals surface area contributed by atoms with Gasteiger partial charge in [0.2, 0.25) is 0 Å². The molecule has 6 nitrogen and oxygen atoms in total. The van der Waals surface area contributed by atoms with Crippen molar-refractivity contribution < 1.29 is 59.6 Å². The summed E-state index contributed by atoms with van der Waals surface area (Å²) in [6.45, 7) is 0. The number of rotatable bonds is 3. The normalized spacial score (nSPS) is 13.2. The van der Waals surface area contributed by atoms with Crippen LogP contribution in [0.25, 0.3) is 0 Å². The van der Waals surface area contributed by atoms with Gasteiger partial charge in [0, 0.05) is 11.9 Å². The quantitative estimate of drug-likeness (QED) is 0.449. The predicted molar refractivity (Wildman–Crippen MR) is 23.3 cm³/mol. The second-order valence-electron chi connectivity index (χ2n) is 1.48. The third-order valence-electron chi connectivity index (χ3n) is 0.740. The molecule has 0 aromatic carbocycles. The Morgan fingerprint density at radius 1 is 0.917 bits per heavy atom. The first-order chi connectivity index (χ1) is 4.46. The number of carbonyl (C=O) groups excluding carboxylic acids is 2. The third-order valence-corrected chi connectivity index (χ3v) is 0.740. The molecule has 2 atom stereocenters. The van der Waals surface area contributed by atoms with Crippen molar-refractivity contribution in [2.75, 3.05) is 0 Å². The molecule has 0 aliphatic rings. The molecule has 0 rings (SSSR count). The van der Waals surface area contributed by atoms with E-state index in [1.165, 1.54) is 0 Å². The summed E-state index contributed by atoms with van der Waals surface area (Å²) in [4.78, 5) is 19.1. The second-order valence-corrected chi connectivity index (χ2v) is 1.48. The average molecular weight is 378 g/mol. The van der Waals surface area contributed by atoms with Gasteiger partial charge in [-0.05, 0) is 0 Å². The first-order valence-electron chi connectivity index (χ1n) is 2.20. The first kappa shape index (κ1) is 18.5. The fourth-order valence-corrected chi connectivity index (χ4v) is 0.247. The maximum absolute atomic E-state index is 9.97. The SMILES string of the molecule is O=C([O-])[C@H]([O-])[C@@H]([O-])C(=O)[O-].[Bi+3].[Na+]. The van der Waals surface area contributed by atoms with E-state index < -0.39 is 24.1 Å². The number of aliphatic carboxylic acids is 2. The van der Waals surface area contributed by atoms with E-state index in [0.29, 0.717) is 0 Å². The largest absolute Gasteiger partial charge is 3.00 e. The molecule has 0 aromatic rings. The minimum atomic E-state index is -2.80. The van der Waals surface area contributed by atoms with Crippen LogP contribution in [0.3, 0.4) is 0 Å². The number of hydrogen-bond acceptors (Lipinski definition) is 6.